The monoisotopic (exact) mass is 286 g/mol. The summed E-state index contributed by atoms with van der Waals surface area (Å²) in [6.07, 6.45) is 2.74. The third-order valence-electron chi connectivity index (χ3n) is 3.52. The number of hydrogen-bond donors (Lipinski definition) is 1. The summed E-state index contributed by atoms with van der Waals surface area (Å²) in [5.41, 5.74) is 0.379. The van der Waals surface area contributed by atoms with E-state index in [0.717, 1.165) is 24.6 Å². The predicted molar refractivity (Wildman–Crippen MR) is 85.7 cm³/mol. The third kappa shape index (κ3) is 3.32. The largest absolute Gasteiger partial charge is 0.351 e. The van der Waals surface area contributed by atoms with Gasteiger partial charge in [-0.1, -0.05) is 38.5 Å². The minimum absolute atomic E-state index is 0.0804. The van der Waals surface area contributed by atoms with Crippen LogP contribution in [0, 0.1) is 0 Å². The highest BCUT2D eigenvalue weighted by Crippen LogP contribution is 2.13. The van der Waals surface area contributed by atoms with Gasteiger partial charge in [-0.15, -0.1) is 0 Å². The van der Waals surface area contributed by atoms with Crippen LogP contribution in [0.1, 0.15) is 43.6 Å². The van der Waals surface area contributed by atoms with Crippen molar-refractivity contribution in [3.05, 3.63) is 46.4 Å². The number of carbonyl (C=O) groups excluding carboxylic acids is 1. The van der Waals surface area contributed by atoms with Gasteiger partial charge >= 0.3 is 0 Å². The molecule has 0 saturated heterocycles. The summed E-state index contributed by atoms with van der Waals surface area (Å²) in [6.45, 7) is 5.27. The zero-order valence-corrected chi connectivity index (χ0v) is 12.7. The standard InChI is InChI=1S/C17H22N2O2/c1-3-5-11-19-15(16(20)18-10-4-2)12-13-8-6-7-9-14(13)17(19)21/h6-9,12H,3-5,10-11H2,1-2H3,(H,18,20). The number of rotatable bonds is 6. The molecule has 0 bridgehead atoms. The highest BCUT2D eigenvalue weighted by Gasteiger charge is 2.14. The average molecular weight is 286 g/mol. The SMILES string of the molecule is CCCCn1c(C(=O)NCCC)cc2ccccc2c1=O. The van der Waals surface area contributed by atoms with E-state index in [2.05, 4.69) is 12.2 Å². The van der Waals surface area contributed by atoms with Crippen LogP contribution in [-0.2, 0) is 6.54 Å². The molecule has 0 aliphatic heterocycles. The summed E-state index contributed by atoms with van der Waals surface area (Å²) in [6, 6.07) is 9.24. The topological polar surface area (TPSA) is 51.1 Å². The Bertz CT molecular complexity index is 689. The van der Waals surface area contributed by atoms with Gasteiger partial charge in [0.05, 0.1) is 0 Å². The molecule has 1 aromatic heterocycles. The van der Waals surface area contributed by atoms with Gasteiger partial charge in [0.1, 0.15) is 5.69 Å². The van der Waals surface area contributed by atoms with Gasteiger partial charge in [-0.05, 0) is 30.4 Å². The number of amides is 1. The lowest BCUT2D eigenvalue weighted by atomic mass is 10.1. The molecule has 0 spiro atoms. The molecule has 2 rings (SSSR count). The molecule has 1 aromatic carbocycles. The van der Waals surface area contributed by atoms with Crippen LogP contribution in [0.3, 0.4) is 0 Å². The van der Waals surface area contributed by atoms with E-state index in [4.69, 9.17) is 0 Å². The van der Waals surface area contributed by atoms with Crippen LogP contribution >= 0.6 is 0 Å². The lowest BCUT2D eigenvalue weighted by molar-refractivity contribution is 0.0943. The van der Waals surface area contributed by atoms with Gasteiger partial charge in [-0.25, -0.2) is 0 Å². The first-order valence-corrected chi connectivity index (χ1v) is 7.59. The van der Waals surface area contributed by atoms with Gasteiger partial charge in [0.15, 0.2) is 0 Å². The number of pyridine rings is 1. The Labute approximate surface area is 124 Å². The first kappa shape index (κ1) is 15.3. The Morgan fingerprint density at radius 3 is 2.67 bits per heavy atom. The van der Waals surface area contributed by atoms with Crippen molar-refractivity contribution in [2.45, 2.75) is 39.7 Å². The van der Waals surface area contributed by atoms with Crippen molar-refractivity contribution in [2.24, 2.45) is 0 Å². The van der Waals surface area contributed by atoms with Crippen molar-refractivity contribution in [2.75, 3.05) is 6.54 Å². The van der Waals surface area contributed by atoms with Crippen LogP contribution in [0.25, 0.3) is 10.8 Å². The number of aromatic nitrogens is 1. The van der Waals surface area contributed by atoms with E-state index in [9.17, 15) is 9.59 Å². The molecule has 4 nitrogen and oxygen atoms in total. The molecule has 1 N–H and O–H groups in total. The molecule has 2 aromatic rings. The molecule has 1 heterocycles. The molecular formula is C17H22N2O2. The number of nitrogens with zero attached hydrogens (tertiary/aromatic N) is 1. The summed E-state index contributed by atoms with van der Waals surface area (Å²) in [5, 5.41) is 4.34. The van der Waals surface area contributed by atoms with Gasteiger partial charge in [0.2, 0.25) is 0 Å². The van der Waals surface area contributed by atoms with E-state index >= 15 is 0 Å². The number of carbonyl (C=O) groups is 1. The second kappa shape index (κ2) is 7.07. The smallest absolute Gasteiger partial charge is 0.268 e. The lowest BCUT2D eigenvalue weighted by Crippen LogP contribution is -2.32. The van der Waals surface area contributed by atoms with E-state index in [-0.39, 0.29) is 11.5 Å². The molecule has 0 aliphatic rings. The third-order valence-corrected chi connectivity index (χ3v) is 3.52. The Balaban J connectivity index is 2.54. The normalized spacial score (nSPS) is 10.8. The van der Waals surface area contributed by atoms with Crippen molar-refractivity contribution >= 4 is 16.7 Å². The minimum atomic E-state index is -0.171. The fourth-order valence-corrected chi connectivity index (χ4v) is 2.35. The zero-order chi connectivity index (χ0) is 15.2. The molecule has 112 valence electrons. The van der Waals surface area contributed by atoms with Crippen LogP contribution in [0.2, 0.25) is 0 Å². The van der Waals surface area contributed by atoms with Crippen molar-refractivity contribution in [1.29, 1.82) is 0 Å². The van der Waals surface area contributed by atoms with Crippen LogP contribution in [-0.4, -0.2) is 17.0 Å². The summed E-state index contributed by atoms with van der Waals surface area (Å²) in [4.78, 5) is 24.9. The van der Waals surface area contributed by atoms with Crippen molar-refractivity contribution in [1.82, 2.24) is 9.88 Å². The van der Waals surface area contributed by atoms with Crippen LogP contribution in [0.4, 0.5) is 0 Å². The summed E-state index contributed by atoms with van der Waals surface area (Å²) in [5.74, 6) is -0.171. The number of unbranched alkanes of at least 4 members (excludes halogenated alkanes) is 1. The predicted octanol–water partition coefficient (Wildman–Crippen LogP) is 2.94. The Morgan fingerprint density at radius 2 is 1.95 bits per heavy atom. The fraction of sp³-hybridized carbons (Fsp3) is 0.412. The van der Waals surface area contributed by atoms with Crippen molar-refractivity contribution < 1.29 is 4.79 Å². The van der Waals surface area contributed by atoms with Gasteiger partial charge in [-0.3, -0.25) is 9.59 Å². The summed E-state index contributed by atoms with van der Waals surface area (Å²) in [7, 11) is 0. The lowest BCUT2D eigenvalue weighted by Gasteiger charge is -2.14. The first-order valence-electron chi connectivity index (χ1n) is 7.59. The van der Waals surface area contributed by atoms with E-state index in [0.29, 0.717) is 24.2 Å². The number of hydrogen-bond acceptors (Lipinski definition) is 2. The second-order valence-electron chi connectivity index (χ2n) is 5.18. The van der Waals surface area contributed by atoms with E-state index in [1.165, 1.54) is 0 Å². The second-order valence-corrected chi connectivity index (χ2v) is 5.18. The number of benzene rings is 1. The molecule has 21 heavy (non-hydrogen) atoms. The van der Waals surface area contributed by atoms with E-state index in [1.54, 1.807) is 4.57 Å². The first-order chi connectivity index (χ1) is 10.2. The fourth-order valence-electron chi connectivity index (χ4n) is 2.35. The molecular weight excluding hydrogens is 264 g/mol. The van der Waals surface area contributed by atoms with Crippen molar-refractivity contribution in [3.63, 3.8) is 0 Å². The maximum atomic E-state index is 12.6. The van der Waals surface area contributed by atoms with Gasteiger partial charge in [0, 0.05) is 18.5 Å². The van der Waals surface area contributed by atoms with Crippen LogP contribution < -0.4 is 10.9 Å². The molecule has 1 amide bonds. The molecule has 4 heteroatoms. The number of fused-ring (bicyclic) bond motifs is 1. The zero-order valence-electron chi connectivity index (χ0n) is 12.7. The maximum absolute atomic E-state index is 12.6. The quantitative estimate of drug-likeness (QED) is 0.887. The molecule has 0 aliphatic carbocycles. The van der Waals surface area contributed by atoms with Crippen LogP contribution in [0.5, 0.6) is 0 Å². The average Bonchev–Trinajstić information content (AvgIpc) is 2.51. The highest BCUT2D eigenvalue weighted by atomic mass is 16.2. The summed E-state index contributed by atoms with van der Waals surface area (Å²) < 4.78 is 1.61. The Morgan fingerprint density at radius 1 is 1.19 bits per heavy atom. The van der Waals surface area contributed by atoms with E-state index in [1.807, 2.05) is 37.3 Å². The Kier molecular flexibility index (Phi) is 5.14. The van der Waals surface area contributed by atoms with Gasteiger partial charge in [0.25, 0.3) is 11.5 Å². The molecule has 0 radical (unpaired) electrons. The van der Waals surface area contributed by atoms with Crippen molar-refractivity contribution in [3.8, 4) is 0 Å². The maximum Gasteiger partial charge on any atom is 0.268 e. The van der Waals surface area contributed by atoms with Gasteiger partial charge < -0.3 is 9.88 Å². The molecule has 0 fully saturated rings. The van der Waals surface area contributed by atoms with E-state index < -0.39 is 0 Å². The van der Waals surface area contributed by atoms with Crippen LogP contribution in [0.15, 0.2) is 35.1 Å². The van der Waals surface area contributed by atoms with Gasteiger partial charge in [-0.2, -0.15) is 0 Å². The Hall–Kier alpha value is -2.10. The summed E-state index contributed by atoms with van der Waals surface area (Å²) >= 11 is 0. The highest BCUT2D eigenvalue weighted by molar-refractivity contribution is 5.96. The molecule has 0 unspecified atom stereocenters. The minimum Gasteiger partial charge on any atom is -0.351 e. The number of nitrogens with one attached hydrogen (secondary N) is 1. The molecule has 0 atom stereocenters. The molecule has 0 saturated carbocycles.